The number of anilines is 1. The monoisotopic (exact) mass is 420 g/mol. The first-order valence-corrected chi connectivity index (χ1v) is 11.5. The standard InChI is InChI=1S/C26H29FN2O2/c1-26-12-10-20-19-5-3-2-4-16(19)6-8-21(20)25(26)17(14-22(26)30)7-9-24(31)29-23-15-18(27)11-13-28-23/h2-5,11,13,15,17,20-21,25H,6-10,12,14H2,1H3,(H,28,29,31)/t17-,20?,21?,25?,26-/m1/s1. The Morgan fingerprint density at radius 3 is 2.94 bits per heavy atom. The molecule has 1 aromatic carbocycles. The van der Waals surface area contributed by atoms with Gasteiger partial charge in [0.15, 0.2) is 0 Å². The molecule has 31 heavy (non-hydrogen) atoms. The maximum Gasteiger partial charge on any atom is 0.225 e. The van der Waals surface area contributed by atoms with Crippen molar-refractivity contribution in [3.8, 4) is 0 Å². The summed E-state index contributed by atoms with van der Waals surface area (Å²) in [5.74, 6) is 1.65. The summed E-state index contributed by atoms with van der Waals surface area (Å²) in [5.41, 5.74) is 2.70. The van der Waals surface area contributed by atoms with Gasteiger partial charge in [-0.15, -0.1) is 0 Å². The van der Waals surface area contributed by atoms with Gasteiger partial charge in [0.1, 0.15) is 17.4 Å². The summed E-state index contributed by atoms with van der Waals surface area (Å²) in [7, 11) is 0. The minimum Gasteiger partial charge on any atom is -0.311 e. The molecule has 1 aromatic heterocycles. The van der Waals surface area contributed by atoms with Crippen LogP contribution in [-0.2, 0) is 16.0 Å². The van der Waals surface area contributed by atoms with E-state index in [9.17, 15) is 14.0 Å². The molecule has 2 fully saturated rings. The minimum absolute atomic E-state index is 0.166. The van der Waals surface area contributed by atoms with Crippen LogP contribution in [0, 0.1) is 29.0 Å². The zero-order valence-corrected chi connectivity index (χ0v) is 17.9. The molecule has 0 bridgehead atoms. The van der Waals surface area contributed by atoms with E-state index in [1.807, 2.05) is 0 Å². The van der Waals surface area contributed by atoms with Gasteiger partial charge in [-0.2, -0.15) is 0 Å². The van der Waals surface area contributed by atoms with Crippen LogP contribution in [0.3, 0.4) is 0 Å². The number of aromatic nitrogens is 1. The van der Waals surface area contributed by atoms with Gasteiger partial charge in [-0.25, -0.2) is 9.37 Å². The minimum atomic E-state index is -0.423. The predicted octanol–water partition coefficient (Wildman–Crippen LogP) is 5.29. The van der Waals surface area contributed by atoms with Crippen LogP contribution in [0.5, 0.6) is 0 Å². The molecular formula is C26H29FN2O2. The molecule has 1 heterocycles. The molecule has 0 radical (unpaired) electrons. The molecule has 1 N–H and O–H groups in total. The number of fused-ring (bicyclic) bond motifs is 5. The van der Waals surface area contributed by atoms with E-state index in [1.54, 1.807) is 0 Å². The maximum absolute atomic E-state index is 13.4. The number of aryl methyl sites for hydroxylation is 1. The van der Waals surface area contributed by atoms with Crippen LogP contribution in [0.1, 0.15) is 62.5 Å². The second-order valence-electron chi connectivity index (χ2n) is 9.82. The largest absolute Gasteiger partial charge is 0.311 e. The van der Waals surface area contributed by atoms with Gasteiger partial charge in [0.05, 0.1) is 0 Å². The molecule has 3 aliphatic carbocycles. The molecule has 2 saturated carbocycles. The zero-order chi connectivity index (χ0) is 21.6. The third-order valence-corrected chi connectivity index (χ3v) is 8.21. The molecule has 0 spiro atoms. The number of nitrogens with zero attached hydrogens (tertiary/aromatic N) is 1. The smallest absolute Gasteiger partial charge is 0.225 e. The first-order chi connectivity index (χ1) is 15.0. The van der Waals surface area contributed by atoms with E-state index in [-0.39, 0.29) is 23.1 Å². The number of halogens is 1. The van der Waals surface area contributed by atoms with Crippen LogP contribution >= 0.6 is 0 Å². The number of benzene rings is 1. The van der Waals surface area contributed by atoms with Crippen LogP contribution in [-0.4, -0.2) is 16.7 Å². The summed E-state index contributed by atoms with van der Waals surface area (Å²) in [6, 6.07) is 11.3. The van der Waals surface area contributed by atoms with Crippen molar-refractivity contribution in [1.29, 1.82) is 0 Å². The van der Waals surface area contributed by atoms with Crippen molar-refractivity contribution in [3.05, 3.63) is 59.5 Å². The highest BCUT2D eigenvalue weighted by Crippen LogP contribution is 2.62. The third-order valence-electron chi connectivity index (χ3n) is 8.21. The van der Waals surface area contributed by atoms with E-state index in [1.165, 1.54) is 29.5 Å². The number of carbonyl (C=O) groups is 2. The summed E-state index contributed by atoms with van der Waals surface area (Å²) in [6.45, 7) is 2.17. The average molecular weight is 421 g/mol. The summed E-state index contributed by atoms with van der Waals surface area (Å²) >= 11 is 0. The topological polar surface area (TPSA) is 59.1 Å². The highest BCUT2D eigenvalue weighted by Gasteiger charge is 2.58. The van der Waals surface area contributed by atoms with Gasteiger partial charge in [-0.05, 0) is 73.0 Å². The summed E-state index contributed by atoms with van der Waals surface area (Å²) < 4.78 is 13.4. The average Bonchev–Trinajstić information content (AvgIpc) is 3.02. The zero-order valence-electron chi connectivity index (χ0n) is 17.9. The summed E-state index contributed by atoms with van der Waals surface area (Å²) in [6.07, 6.45) is 7.18. The van der Waals surface area contributed by atoms with Gasteiger partial charge < -0.3 is 5.32 Å². The fourth-order valence-corrected chi connectivity index (χ4v) is 6.84. The molecule has 3 aliphatic rings. The lowest BCUT2D eigenvalue weighted by molar-refractivity contribution is -0.129. The number of hydrogen-bond acceptors (Lipinski definition) is 3. The molecule has 0 aliphatic heterocycles. The van der Waals surface area contributed by atoms with E-state index < -0.39 is 5.82 Å². The molecule has 1 amide bonds. The highest BCUT2D eigenvalue weighted by atomic mass is 19.1. The number of nitrogens with one attached hydrogen (secondary N) is 1. The van der Waals surface area contributed by atoms with Gasteiger partial charge in [-0.1, -0.05) is 31.2 Å². The number of Topliss-reactive ketones (excluding diaryl/α,β-unsaturated/α-hetero) is 1. The van der Waals surface area contributed by atoms with Gasteiger partial charge in [-0.3, -0.25) is 9.59 Å². The molecular weight excluding hydrogens is 391 g/mol. The Morgan fingerprint density at radius 1 is 1.26 bits per heavy atom. The third kappa shape index (κ3) is 3.58. The van der Waals surface area contributed by atoms with Gasteiger partial charge >= 0.3 is 0 Å². The number of hydrogen-bond donors (Lipinski definition) is 1. The highest BCUT2D eigenvalue weighted by molar-refractivity contribution is 5.90. The van der Waals surface area contributed by atoms with Crippen molar-refractivity contribution < 1.29 is 14.0 Å². The SMILES string of the molecule is C[C@]12CCC3c4ccccc4CCC3C1[C@H](CCC(=O)Nc1cc(F)ccn1)CC2=O. The van der Waals surface area contributed by atoms with Crippen molar-refractivity contribution in [2.75, 3.05) is 5.32 Å². The fourth-order valence-electron chi connectivity index (χ4n) is 6.84. The molecule has 4 nitrogen and oxygen atoms in total. The van der Waals surface area contributed by atoms with E-state index in [0.717, 1.165) is 25.7 Å². The Morgan fingerprint density at radius 2 is 2.10 bits per heavy atom. The Kier molecular flexibility index (Phi) is 5.15. The molecule has 5 heteroatoms. The van der Waals surface area contributed by atoms with Crippen molar-refractivity contribution >= 4 is 17.5 Å². The summed E-state index contributed by atoms with van der Waals surface area (Å²) in [5, 5.41) is 2.69. The van der Waals surface area contributed by atoms with Crippen molar-refractivity contribution in [3.63, 3.8) is 0 Å². The summed E-state index contributed by atoms with van der Waals surface area (Å²) in [4.78, 5) is 29.6. The lowest BCUT2D eigenvalue weighted by atomic mass is 9.54. The predicted molar refractivity (Wildman–Crippen MR) is 117 cm³/mol. The number of carbonyl (C=O) groups excluding carboxylic acids is 2. The molecule has 5 rings (SSSR count). The number of rotatable bonds is 4. The van der Waals surface area contributed by atoms with Crippen molar-refractivity contribution in [1.82, 2.24) is 4.98 Å². The Balaban J connectivity index is 1.32. The Bertz CT molecular complexity index is 1020. The molecule has 5 atom stereocenters. The van der Waals surface area contributed by atoms with Gasteiger partial charge in [0.2, 0.25) is 5.91 Å². The molecule has 3 unspecified atom stereocenters. The maximum atomic E-state index is 13.4. The van der Waals surface area contributed by atoms with E-state index >= 15 is 0 Å². The lowest BCUT2D eigenvalue weighted by Gasteiger charge is -2.50. The lowest BCUT2D eigenvalue weighted by Crippen LogP contribution is -2.44. The molecule has 2 aromatic rings. The first kappa shape index (κ1) is 20.3. The quantitative estimate of drug-likeness (QED) is 0.731. The van der Waals surface area contributed by atoms with Crippen LogP contribution in [0.2, 0.25) is 0 Å². The van der Waals surface area contributed by atoms with Crippen LogP contribution in [0.25, 0.3) is 0 Å². The normalized spacial score (nSPS) is 31.5. The van der Waals surface area contributed by atoms with Crippen molar-refractivity contribution in [2.24, 2.45) is 23.2 Å². The molecule has 162 valence electrons. The van der Waals surface area contributed by atoms with E-state index in [4.69, 9.17) is 0 Å². The number of amides is 1. The Labute approximate surface area is 182 Å². The number of ketones is 1. The number of pyridine rings is 1. The van der Waals surface area contributed by atoms with Crippen molar-refractivity contribution in [2.45, 2.75) is 57.8 Å². The Hall–Kier alpha value is -2.56. The first-order valence-electron chi connectivity index (χ1n) is 11.5. The van der Waals surface area contributed by atoms with E-state index in [0.29, 0.717) is 42.8 Å². The molecule has 0 saturated heterocycles. The van der Waals surface area contributed by atoms with E-state index in [2.05, 4.69) is 41.5 Å². The van der Waals surface area contributed by atoms with Crippen LogP contribution < -0.4 is 5.32 Å². The van der Waals surface area contributed by atoms with Gasteiger partial charge in [0, 0.05) is 30.5 Å². The second kappa shape index (κ2) is 7.85. The second-order valence-corrected chi connectivity index (χ2v) is 9.82. The van der Waals surface area contributed by atoms with Crippen LogP contribution in [0.4, 0.5) is 10.2 Å². The van der Waals surface area contributed by atoms with Gasteiger partial charge in [0.25, 0.3) is 0 Å². The van der Waals surface area contributed by atoms with Crippen LogP contribution in [0.15, 0.2) is 42.6 Å². The fraction of sp³-hybridized carbons (Fsp3) is 0.500.